The Morgan fingerprint density at radius 3 is 2.58 bits per heavy atom. The van der Waals surface area contributed by atoms with Gasteiger partial charge in [0.05, 0.1) is 11.4 Å². The number of aryl methyl sites for hydroxylation is 1. The van der Waals surface area contributed by atoms with Crippen LogP contribution in [-0.2, 0) is 21.2 Å². The standard InChI is InChI=1S/C18H20N2O5S/c1-2-13-5-3-4-6-15(13)20-18(21)12-19-26(22,23)14-7-8-16-17(11-14)25-10-9-24-16/h3-8,11,19H,2,9-10,12H2,1H3,(H,20,21). The van der Waals surface area contributed by atoms with Crippen molar-refractivity contribution >= 4 is 21.6 Å². The highest BCUT2D eigenvalue weighted by atomic mass is 32.2. The smallest absolute Gasteiger partial charge is 0.241 e. The van der Waals surface area contributed by atoms with E-state index in [1.165, 1.54) is 12.1 Å². The molecule has 0 saturated heterocycles. The summed E-state index contributed by atoms with van der Waals surface area (Å²) in [7, 11) is -3.84. The van der Waals surface area contributed by atoms with Crippen LogP contribution >= 0.6 is 0 Å². The minimum absolute atomic E-state index is 0.0171. The van der Waals surface area contributed by atoms with Crippen molar-refractivity contribution in [2.45, 2.75) is 18.2 Å². The zero-order valence-corrected chi connectivity index (χ0v) is 15.1. The average Bonchev–Trinajstić information content (AvgIpc) is 2.66. The van der Waals surface area contributed by atoms with Gasteiger partial charge in [-0.05, 0) is 30.2 Å². The molecule has 2 N–H and O–H groups in total. The fourth-order valence-electron chi connectivity index (χ4n) is 2.58. The number of carbonyl (C=O) groups excluding carboxylic acids is 1. The van der Waals surface area contributed by atoms with E-state index in [-0.39, 0.29) is 11.4 Å². The number of benzene rings is 2. The molecule has 1 aliphatic heterocycles. The van der Waals surface area contributed by atoms with Gasteiger partial charge in [0, 0.05) is 11.8 Å². The van der Waals surface area contributed by atoms with Gasteiger partial charge in [0.15, 0.2) is 11.5 Å². The number of carbonyl (C=O) groups is 1. The fraction of sp³-hybridized carbons (Fsp3) is 0.278. The number of fused-ring (bicyclic) bond motifs is 1. The fourth-order valence-corrected chi connectivity index (χ4v) is 3.58. The molecule has 0 bridgehead atoms. The number of nitrogens with one attached hydrogen (secondary N) is 2. The number of hydrogen-bond donors (Lipinski definition) is 2. The molecule has 7 nitrogen and oxygen atoms in total. The van der Waals surface area contributed by atoms with Crippen LogP contribution in [0.15, 0.2) is 47.4 Å². The highest BCUT2D eigenvalue weighted by Gasteiger charge is 2.20. The lowest BCUT2D eigenvalue weighted by Gasteiger charge is -2.19. The van der Waals surface area contributed by atoms with Crippen LogP contribution in [0.25, 0.3) is 0 Å². The summed E-state index contributed by atoms with van der Waals surface area (Å²) >= 11 is 0. The molecule has 2 aromatic rings. The third-order valence-corrected chi connectivity index (χ3v) is 5.32. The van der Waals surface area contributed by atoms with Gasteiger partial charge in [0.1, 0.15) is 13.2 Å². The highest BCUT2D eigenvalue weighted by molar-refractivity contribution is 7.89. The first-order valence-corrected chi connectivity index (χ1v) is 9.75. The van der Waals surface area contributed by atoms with E-state index in [0.29, 0.717) is 30.4 Å². The van der Waals surface area contributed by atoms with Crippen LogP contribution in [0, 0.1) is 0 Å². The van der Waals surface area contributed by atoms with Crippen LogP contribution < -0.4 is 19.5 Å². The van der Waals surface area contributed by atoms with Crippen LogP contribution in [0.5, 0.6) is 11.5 Å². The van der Waals surface area contributed by atoms with E-state index in [9.17, 15) is 13.2 Å². The Balaban J connectivity index is 1.65. The molecule has 8 heteroatoms. The lowest BCUT2D eigenvalue weighted by molar-refractivity contribution is -0.115. The van der Waals surface area contributed by atoms with E-state index in [2.05, 4.69) is 10.0 Å². The molecule has 0 radical (unpaired) electrons. The summed E-state index contributed by atoms with van der Waals surface area (Å²) in [5.41, 5.74) is 1.66. The molecule has 138 valence electrons. The normalized spacial score (nSPS) is 13.3. The minimum atomic E-state index is -3.84. The molecule has 3 rings (SSSR count). The molecule has 26 heavy (non-hydrogen) atoms. The molecular formula is C18H20N2O5S. The van der Waals surface area contributed by atoms with Gasteiger partial charge in [0.25, 0.3) is 0 Å². The van der Waals surface area contributed by atoms with Crippen LogP contribution in [0.2, 0.25) is 0 Å². The second-order valence-corrected chi connectivity index (χ2v) is 7.46. The molecule has 0 saturated carbocycles. The van der Waals surface area contributed by atoms with Gasteiger partial charge in [-0.3, -0.25) is 4.79 Å². The van der Waals surface area contributed by atoms with Crippen molar-refractivity contribution in [3.63, 3.8) is 0 Å². The SMILES string of the molecule is CCc1ccccc1NC(=O)CNS(=O)(=O)c1ccc2c(c1)OCCO2. The molecule has 0 unspecified atom stereocenters. The first-order chi connectivity index (χ1) is 12.5. The maximum Gasteiger partial charge on any atom is 0.241 e. The maximum atomic E-state index is 12.4. The molecular weight excluding hydrogens is 356 g/mol. The molecule has 1 heterocycles. The van der Waals surface area contributed by atoms with Crippen molar-refractivity contribution < 1.29 is 22.7 Å². The number of ether oxygens (including phenoxy) is 2. The highest BCUT2D eigenvalue weighted by Crippen LogP contribution is 2.32. The number of anilines is 1. The molecule has 0 aromatic heterocycles. The van der Waals surface area contributed by atoms with Gasteiger partial charge < -0.3 is 14.8 Å². The monoisotopic (exact) mass is 376 g/mol. The van der Waals surface area contributed by atoms with Gasteiger partial charge in [-0.15, -0.1) is 0 Å². The second kappa shape index (κ2) is 7.76. The summed E-state index contributed by atoms with van der Waals surface area (Å²) < 4.78 is 37.9. The lowest BCUT2D eigenvalue weighted by atomic mass is 10.1. The van der Waals surface area contributed by atoms with Gasteiger partial charge in [-0.1, -0.05) is 25.1 Å². The largest absolute Gasteiger partial charge is 0.486 e. The summed E-state index contributed by atoms with van der Waals surface area (Å²) in [4.78, 5) is 12.1. The number of sulfonamides is 1. The van der Waals surface area contributed by atoms with Gasteiger partial charge in [-0.25, -0.2) is 13.1 Å². The third kappa shape index (κ3) is 4.14. The first kappa shape index (κ1) is 18.2. The molecule has 0 fully saturated rings. The Bertz CT molecular complexity index is 912. The summed E-state index contributed by atoms with van der Waals surface area (Å²) in [5.74, 6) is 0.441. The molecule has 0 aliphatic carbocycles. The van der Waals surface area contributed by atoms with Crippen molar-refractivity contribution in [3.8, 4) is 11.5 Å². The maximum absolute atomic E-state index is 12.4. The van der Waals surface area contributed by atoms with Crippen molar-refractivity contribution in [2.75, 3.05) is 25.1 Å². The molecule has 1 amide bonds. The average molecular weight is 376 g/mol. The van der Waals surface area contributed by atoms with Crippen LogP contribution in [0.4, 0.5) is 5.69 Å². The quantitative estimate of drug-likeness (QED) is 0.804. The minimum Gasteiger partial charge on any atom is -0.486 e. The van der Waals surface area contributed by atoms with Gasteiger partial charge >= 0.3 is 0 Å². The predicted octanol–water partition coefficient (Wildman–Crippen LogP) is 1.94. The topological polar surface area (TPSA) is 93.7 Å². The number of hydrogen-bond acceptors (Lipinski definition) is 5. The number of amides is 1. The predicted molar refractivity (Wildman–Crippen MR) is 97.1 cm³/mol. The Morgan fingerprint density at radius 2 is 1.81 bits per heavy atom. The van der Waals surface area contributed by atoms with E-state index in [4.69, 9.17) is 9.47 Å². The van der Waals surface area contributed by atoms with Gasteiger partial charge in [-0.2, -0.15) is 0 Å². The zero-order chi connectivity index (χ0) is 18.6. The summed E-state index contributed by atoms with van der Waals surface area (Å²) in [5, 5.41) is 2.72. The number of rotatable bonds is 6. The van der Waals surface area contributed by atoms with Crippen molar-refractivity contribution in [1.82, 2.24) is 4.72 Å². The van der Waals surface area contributed by atoms with E-state index >= 15 is 0 Å². The Labute approximate surface area is 152 Å². The van der Waals surface area contributed by atoms with Crippen LogP contribution in [-0.4, -0.2) is 34.1 Å². The van der Waals surface area contributed by atoms with Crippen LogP contribution in [0.3, 0.4) is 0 Å². The van der Waals surface area contributed by atoms with Crippen molar-refractivity contribution in [2.24, 2.45) is 0 Å². The van der Waals surface area contributed by atoms with Gasteiger partial charge in [0.2, 0.25) is 15.9 Å². The molecule has 0 spiro atoms. The van der Waals surface area contributed by atoms with E-state index in [1.54, 1.807) is 12.1 Å². The van der Waals surface area contributed by atoms with E-state index < -0.39 is 15.9 Å². The van der Waals surface area contributed by atoms with Crippen LogP contribution in [0.1, 0.15) is 12.5 Å². The molecule has 2 aromatic carbocycles. The first-order valence-electron chi connectivity index (χ1n) is 8.26. The Kier molecular flexibility index (Phi) is 5.43. The summed E-state index contributed by atoms with van der Waals surface area (Å²) in [6.45, 7) is 2.41. The summed E-state index contributed by atoms with van der Waals surface area (Å²) in [6, 6.07) is 11.7. The Hall–Kier alpha value is -2.58. The second-order valence-electron chi connectivity index (χ2n) is 5.69. The Morgan fingerprint density at radius 1 is 1.08 bits per heavy atom. The molecule has 1 aliphatic rings. The molecule has 0 atom stereocenters. The number of para-hydroxylation sites is 1. The van der Waals surface area contributed by atoms with Crippen molar-refractivity contribution in [3.05, 3.63) is 48.0 Å². The third-order valence-electron chi connectivity index (χ3n) is 3.92. The summed E-state index contributed by atoms with van der Waals surface area (Å²) in [6.07, 6.45) is 0.763. The van der Waals surface area contributed by atoms with Crippen molar-refractivity contribution in [1.29, 1.82) is 0 Å². The lowest BCUT2D eigenvalue weighted by Crippen LogP contribution is -2.33. The van der Waals surface area contributed by atoms with E-state index in [1.807, 2.05) is 25.1 Å². The van der Waals surface area contributed by atoms with E-state index in [0.717, 1.165) is 12.0 Å². The zero-order valence-electron chi connectivity index (χ0n) is 14.3.